The average Bonchev–Trinajstić information content (AvgIpc) is 2.67. The van der Waals surface area contributed by atoms with Crippen molar-refractivity contribution in [2.75, 3.05) is 0 Å². The van der Waals surface area contributed by atoms with Gasteiger partial charge in [-0.05, 0) is 50.2 Å². The number of hydrogen-bond acceptors (Lipinski definition) is 2. The Morgan fingerprint density at radius 3 is 3.11 bits per heavy atom. The molecule has 2 aliphatic rings. The van der Waals surface area contributed by atoms with Gasteiger partial charge in [0, 0.05) is 11.8 Å². The van der Waals surface area contributed by atoms with Crippen molar-refractivity contribution in [1.29, 1.82) is 0 Å². The first-order valence-electron chi connectivity index (χ1n) is 7.02. The highest BCUT2D eigenvalue weighted by molar-refractivity contribution is 5.84. The molecule has 2 aliphatic carbocycles. The van der Waals surface area contributed by atoms with E-state index in [0.29, 0.717) is 5.75 Å². The maximum atomic E-state index is 10.0. The maximum Gasteiger partial charge on any atom is 0.127 e. The summed E-state index contributed by atoms with van der Waals surface area (Å²) in [6, 6.07) is 5.85. The Hall–Kier alpha value is -1.31. The molecular weight excluding hydrogens is 222 g/mol. The Balaban J connectivity index is 1.83. The summed E-state index contributed by atoms with van der Waals surface area (Å²) in [5.74, 6) is 1.28. The van der Waals surface area contributed by atoms with E-state index in [4.69, 9.17) is 4.99 Å². The Morgan fingerprint density at radius 1 is 1.33 bits per heavy atom. The highest BCUT2D eigenvalue weighted by Crippen LogP contribution is 2.47. The molecule has 96 valence electrons. The van der Waals surface area contributed by atoms with Crippen LogP contribution in [-0.4, -0.2) is 16.9 Å². The summed E-state index contributed by atoms with van der Waals surface area (Å²) in [6.07, 6.45) is 9.69. The summed E-state index contributed by atoms with van der Waals surface area (Å²) in [5.41, 5.74) is 1.97. The number of hydrogen-bond donors (Lipinski definition) is 1. The molecule has 1 N–H and O–H groups in total. The summed E-state index contributed by atoms with van der Waals surface area (Å²) in [7, 11) is 0. The van der Waals surface area contributed by atoms with Gasteiger partial charge >= 0.3 is 0 Å². The lowest BCUT2D eigenvalue weighted by Gasteiger charge is -2.29. The summed E-state index contributed by atoms with van der Waals surface area (Å²) in [4.78, 5) is 4.86. The van der Waals surface area contributed by atoms with Crippen LogP contribution in [-0.2, 0) is 0 Å². The first-order chi connectivity index (χ1) is 8.69. The molecule has 1 aromatic rings. The predicted octanol–water partition coefficient (Wildman–Crippen LogP) is 3.84. The second kappa shape index (κ2) is 4.42. The molecule has 2 unspecified atom stereocenters. The molecule has 0 saturated heterocycles. The molecule has 2 heteroatoms. The smallest absolute Gasteiger partial charge is 0.127 e. The molecule has 0 radical (unpaired) electrons. The minimum Gasteiger partial charge on any atom is -0.507 e. The number of benzene rings is 1. The van der Waals surface area contributed by atoms with Crippen LogP contribution in [0.4, 0.5) is 0 Å². The number of para-hydroxylation sites is 1. The van der Waals surface area contributed by atoms with Crippen molar-refractivity contribution >= 4 is 6.21 Å². The molecule has 2 atom stereocenters. The van der Waals surface area contributed by atoms with Gasteiger partial charge in [0.1, 0.15) is 5.75 Å². The first-order valence-corrected chi connectivity index (χ1v) is 7.02. The van der Waals surface area contributed by atoms with Crippen LogP contribution in [0, 0.1) is 12.8 Å². The molecule has 0 heterocycles. The second-order valence-corrected chi connectivity index (χ2v) is 6.00. The van der Waals surface area contributed by atoms with Gasteiger partial charge in [0.25, 0.3) is 0 Å². The Labute approximate surface area is 109 Å². The monoisotopic (exact) mass is 243 g/mol. The van der Waals surface area contributed by atoms with E-state index in [-0.39, 0.29) is 5.54 Å². The SMILES string of the molecule is Cc1cccc(C=NC23CCCC(CC2)C3)c1O. The predicted molar refractivity (Wildman–Crippen MR) is 74.4 cm³/mol. The van der Waals surface area contributed by atoms with E-state index in [1.54, 1.807) is 0 Å². The third-order valence-corrected chi connectivity index (χ3v) is 4.69. The molecule has 0 aliphatic heterocycles. The van der Waals surface area contributed by atoms with Crippen LogP contribution in [0.15, 0.2) is 23.2 Å². The summed E-state index contributed by atoms with van der Waals surface area (Å²) >= 11 is 0. The van der Waals surface area contributed by atoms with Crippen LogP contribution in [0.3, 0.4) is 0 Å². The zero-order valence-electron chi connectivity index (χ0n) is 11.0. The van der Waals surface area contributed by atoms with Crippen LogP contribution in [0.5, 0.6) is 5.75 Å². The molecule has 18 heavy (non-hydrogen) atoms. The van der Waals surface area contributed by atoms with Gasteiger partial charge < -0.3 is 5.11 Å². The number of fused-ring (bicyclic) bond motifs is 2. The van der Waals surface area contributed by atoms with E-state index < -0.39 is 0 Å². The molecule has 3 rings (SSSR count). The highest BCUT2D eigenvalue weighted by Gasteiger charge is 2.41. The summed E-state index contributed by atoms with van der Waals surface area (Å²) in [6.45, 7) is 1.93. The lowest BCUT2D eigenvalue weighted by Crippen LogP contribution is -2.26. The van der Waals surface area contributed by atoms with Crippen molar-refractivity contribution in [1.82, 2.24) is 0 Å². The number of rotatable bonds is 2. The van der Waals surface area contributed by atoms with Crippen molar-refractivity contribution in [2.24, 2.45) is 10.9 Å². The zero-order chi connectivity index (χ0) is 12.6. The number of phenols is 1. The molecule has 2 nitrogen and oxygen atoms in total. The Kier molecular flexibility index (Phi) is 2.89. The van der Waals surface area contributed by atoms with Gasteiger partial charge in [-0.15, -0.1) is 0 Å². The van der Waals surface area contributed by atoms with E-state index in [1.165, 1.54) is 38.5 Å². The minimum absolute atomic E-state index is 0.194. The van der Waals surface area contributed by atoms with Crippen LogP contribution in [0.25, 0.3) is 0 Å². The van der Waals surface area contributed by atoms with Crippen molar-refractivity contribution in [3.8, 4) is 5.75 Å². The first kappa shape index (κ1) is 11.8. The fourth-order valence-electron chi connectivity index (χ4n) is 3.58. The maximum absolute atomic E-state index is 10.0. The number of aliphatic imine (C=N–C) groups is 1. The minimum atomic E-state index is 0.194. The summed E-state index contributed by atoms with van der Waals surface area (Å²) < 4.78 is 0. The van der Waals surface area contributed by atoms with Crippen LogP contribution in [0.1, 0.15) is 49.7 Å². The lowest BCUT2D eigenvalue weighted by atomic mass is 9.83. The number of aryl methyl sites for hydroxylation is 1. The third kappa shape index (κ3) is 2.05. The third-order valence-electron chi connectivity index (χ3n) is 4.69. The van der Waals surface area contributed by atoms with Gasteiger partial charge in [0.05, 0.1) is 5.54 Å². The Morgan fingerprint density at radius 2 is 2.22 bits per heavy atom. The van der Waals surface area contributed by atoms with Crippen LogP contribution in [0.2, 0.25) is 0 Å². The van der Waals surface area contributed by atoms with Crippen molar-refractivity contribution in [3.63, 3.8) is 0 Å². The quantitative estimate of drug-likeness (QED) is 0.786. The van der Waals surface area contributed by atoms with Crippen molar-refractivity contribution in [3.05, 3.63) is 29.3 Å². The fraction of sp³-hybridized carbons (Fsp3) is 0.562. The molecule has 2 fully saturated rings. The molecule has 2 bridgehead atoms. The molecule has 1 aromatic carbocycles. The molecule has 0 aromatic heterocycles. The lowest BCUT2D eigenvalue weighted by molar-refractivity contribution is 0.312. The van der Waals surface area contributed by atoms with Crippen LogP contribution >= 0.6 is 0 Å². The van der Waals surface area contributed by atoms with Gasteiger partial charge in [-0.2, -0.15) is 0 Å². The van der Waals surface area contributed by atoms with Gasteiger partial charge in [-0.25, -0.2) is 0 Å². The van der Waals surface area contributed by atoms with Gasteiger partial charge in [-0.3, -0.25) is 4.99 Å². The normalized spacial score (nSPS) is 31.1. The van der Waals surface area contributed by atoms with E-state index in [0.717, 1.165) is 17.0 Å². The van der Waals surface area contributed by atoms with E-state index in [9.17, 15) is 5.11 Å². The topological polar surface area (TPSA) is 32.6 Å². The highest BCUT2D eigenvalue weighted by atomic mass is 16.3. The van der Waals surface area contributed by atoms with Gasteiger partial charge in [0.15, 0.2) is 0 Å². The van der Waals surface area contributed by atoms with E-state index >= 15 is 0 Å². The van der Waals surface area contributed by atoms with Crippen LogP contribution < -0.4 is 0 Å². The Bertz CT molecular complexity index is 476. The number of aromatic hydroxyl groups is 1. The zero-order valence-corrected chi connectivity index (χ0v) is 11.0. The standard InChI is InChI=1S/C16H21NO/c1-12-4-2-6-14(15(12)18)11-17-16-8-3-5-13(10-16)7-9-16/h2,4,6,11,13,18H,3,5,7-10H2,1H3. The second-order valence-electron chi connectivity index (χ2n) is 6.00. The molecule has 0 amide bonds. The van der Waals surface area contributed by atoms with E-state index in [1.807, 2.05) is 31.3 Å². The fourth-order valence-corrected chi connectivity index (χ4v) is 3.58. The van der Waals surface area contributed by atoms with Gasteiger partial charge in [-0.1, -0.05) is 25.0 Å². The number of nitrogens with zero attached hydrogens (tertiary/aromatic N) is 1. The average molecular weight is 243 g/mol. The van der Waals surface area contributed by atoms with Gasteiger partial charge in [0.2, 0.25) is 0 Å². The van der Waals surface area contributed by atoms with Crippen molar-refractivity contribution < 1.29 is 5.11 Å². The molecular formula is C16H21NO. The largest absolute Gasteiger partial charge is 0.507 e. The summed E-state index contributed by atoms with van der Waals surface area (Å²) in [5, 5.41) is 10.0. The number of phenolic OH excluding ortho intramolecular Hbond substituents is 1. The van der Waals surface area contributed by atoms with E-state index in [2.05, 4.69) is 0 Å². The molecule has 0 spiro atoms. The molecule has 2 saturated carbocycles. The van der Waals surface area contributed by atoms with Crippen molar-refractivity contribution in [2.45, 2.75) is 51.0 Å².